The van der Waals surface area contributed by atoms with Crippen molar-refractivity contribution in [1.82, 2.24) is 10.2 Å². The Balaban J connectivity index is 1.39. The van der Waals surface area contributed by atoms with Crippen LogP contribution >= 0.6 is 0 Å². The molecule has 0 saturated heterocycles. The van der Waals surface area contributed by atoms with Crippen LogP contribution in [0.25, 0.3) is 0 Å². The average molecular weight is 302 g/mol. The molecule has 2 N–H and O–H groups in total. The number of hydrogen-bond acceptors (Lipinski definition) is 2. The van der Waals surface area contributed by atoms with Crippen LogP contribution in [-0.4, -0.2) is 42.3 Å². The first kappa shape index (κ1) is 15.3. The summed E-state index contributed by atoms with van der Waals surface area (Å²) in [6.07, 6.45) is 3.90. The van der Waals surface area contributed by atoms with E-state index >= 15 is 0 Å². The van der Waals surface area contributed by atoms with Gasteiger partial charge in [-0.05, 0) is 36.7 Å². The van der Waals surface area contributed by atoms with E-state index in [4.69, 9.17) is 0 Å². The molecule has 2 aliphatic rings. The van der Waals surface area contributed by atoms with Crippen molar-refractivity contribution in [2.75, 3.05) is 20.1 Å². The van der Waals surface area contributed by atoms with Crippen LogP contribution in [0.4, 0.5) is 4.79 Å². The van der Waals surface area contributed by atoms with E-state index in [1.165, 1.54) is 5.56 Å². The summed E-state index contributed by atoms with van der Waals surface area (Å²) in [4.78, 5) is 13.9. The Bertz CT molecular complexity index is 505. The molecule has 22 heavy (non-hydrogen) atoms. The molecule has 0 radical (unpaired) electrons. The Morgan fingerprint density at radius 2 is 2.05 bits per heavy atom. The maximum absolute atomic E-state index is 12.1. The molecule has 0 spiro atoms. The standard InChI is InChI=1S/C18H26N2O2/c1-20(12-14-8-5-9-17(14)21)18(22)19-11-15-10-16(15)13-6-3-2-4-7-13/h2-4,6-7,14-17,21H,5,8-12H2,1H3,(H,19,22). The lowest BCUT2D eigenvalue weighted by molar-refractivity contribution is 0.114. The summed E-state index contributed by atoms with van der Waals surface area (Å²) in [5.74, 6) is 1.41. The van der Waals surface area contributed by atoms with Crippen LogP contribution in [0, 0.1) is 11.8 Å². The number of nitrogens with one attached hydrogen (secondary N) is 1. The minimum absolute atomic E-state index is 0.0159. The van der Waals surface area contributed by atoms with Crippen LogP contribution in [0.15, 0.2) is 30.3 Å². The molecule has 2 fully saturated rings. The van der Waals surface area contributed by atoms with Gasteiger partial charge in [-0.1, -0.05) is 36.8 Å². The van der Waals surface area contributed by atoms with Gasteiger partial charge >= 0.3 is 6.03 Å². The number of aliphatic hydroxyl groups excluding tert-OH is 1. The summed E-state index contributed by atoms with van der Waals surface area (Å²) >= 11 is 0. The quantitative estimate of drug-likeness (QED) is 0.878. The number of benzene rings is 1. The molecular formula is C18H26N2O2. The zero-order valence-corrected chi connectivity index (χ0v) is 13.2. The van der Waals surface area contributed by atoms with Gasteiger partial charge in [0.05, 0.1) is 6.10 Å². The van der Waals surface area contributed by atoms with Gasteiger partial charge in [0.1, 0.15) is 0 Å². The third-order valence-electron chi connectivity index (χ3n) is 5.14. The topological polar surface area (TPSA) is 52.6 Å². The van der Waals surface area contributed by atoms with Crippen molar-refractivity contribution in [1.29, 1.82) is 0 Å². The number of rotatable bonds is 5. The molecule has 0 aromatic heterocycles. The lowest BCUT2D eigenvalue weighted by atomic mass is 10.1. The van der Waals surface area contributed by atoms with E-state index in [-0.39, 0.29) is 18.1 Å². The summed E-state index contributed by atoms with van der Waals surface area (Å²) in [6.45, 7) is 1.40. The molecule has 4 heteroatoms. The van der Waals surface area contributed by atoms with Crippen LogP contribution in [0.1, 0.15) is 37.2 Å². The van der Waals surface area contributed by atoms with E-state index in [1.807, 2.05) is 13.1 Å². The lowest BCUT2D eigenvalue weighted by Gasteiger charge is -2.23. The highest BCUT2D eigenvalue weighted by molar-refractivity contribution is 5.73. The highest BCUT2D eigenvalue weighted by atomic mass is 16.3. The number of carbonyl (C=O) groups is 1. The fraction of sp³-hybridized carbons (Fsp3) is 0.611. The Morgan fingerprint density at radius 3 is 2.73 bits per heavy atom. The molecule has 4 unspecified atom stereocenters. The maximum Gasteiger partial charge on any atom is 0.317 e. The first-order valence-corrected chi connectivity index (χ1v) is 8.37. The molecule has 4 nitrogen and oxygen atoms in total. The van der Waals surface area contributed by atoms with Crippen molar-refractivity contribution >= 4 is 6.03 Å². The number of urea groups is 1. The molecule has 0 aliphatic heterocycles. The SMILES string of the molecule is CN(CC1CCCC1O)C(=O)NCC1CC1c1ccccc1. The van der Waals surface area contributed by atoms with E-state index in [0.29, 0.717) is 18.4 Å². The fourth-order valence-electron chi connectivity index (χ4n) is 3.60. The van der Waals surface area contributed by atoms with Gasteiger partial charge in [0.2, 0.25) is 0 Å². The number of hydrogen-bond donors (Lipinski definition) is 2. The van der Waals surface area contributed by atoms with Crippen LogP contribution in [-0.2, 0) is 0 Å². The number of amides is 2. The minimum atomic E-state index is -0.235. The molecule has 120 valence electrons. The predicted octanol–water partition coefficient (Wildman–Crippen LogP) is 2.59. The molecule has 2 amide bonds. The summed E-state index contributed by atoms with van der Waals surface area (Å²) < 4.78 is 0. The molecule has 0 heterocycles. The van der Waals surface area contributed by atoms with Crippen molar-refractivity contribution < 1.29 is 9.90 Å². The zero-order chi connectivity index (χ0) is 15.5. The van der Waals surface area contributed by atoms with E-state index in [0.717, 1.165) is 32.2 Å². The van der Waals surface area contributed by atoms with Gasteiger partial charge in [0.25, 0.3) is 0 Å². The molecule has 1 aromatic rings. The van der Waals surface area contributed by atoms with Gasteiger partial charge in [0, 0.05) is 26.1 Å². The normalized spacial score (nSPS) is 30.1. The Hall–Kier alpha value is -1.55. The Labute approximate surface area is 132 Å². The largest absolute Gasteiger partial charge is 0.393 e. The number of carbonyl (C=O) groups excluding carboxylic acids is 1. The molecule has 3 rings (SSSR count). The van der Waals surface area contributed by atoms with Crippen molar-refractivity contribution in [3.05, 3.63) is 35.9 Å². The van der Waals surface area contributed by atoms with E-state index in [1.54, 1.807) is 4.90 Å². The van der Waals surface area contributed by atoms with Gasteiger partial charge in [0.15, 0.2) is 0 Å². The van der Waals surface area contributed by atoms with Gasteiger partial charge < -0.3 is 15.3 Å². The van der Waals surface area contributed by atoms with Gasteiger partial charge in [-0.15, -0.1) is 0 Å². The van der Waals surface area contributed by atoms with Crippen LogP contribution in [0.3, 0.4) is 0 Å². The van der Waals surface area contributed by atoms with E-state index in [2.05, 4.69) is 29.6 Å². The Morgan fingerprint density at radius 1 is 1.27 bits per heavy atom. The van der Waals surface area contributed by atoms with Crippen LogP contribution < -0.4 is 5.32 Å². The number of aliphatic hydroxyl groups is 1. The molecule has 4 atom stereocenters. The first-order chi connectivity index (χ1) is 10.6. The summed E-state index contributed by atoms with van der Waals surface area (Å²) in [7, 11) is 1.82. The number of nitrogens with zero attached hydrogens (tertiary/aromatic N) is 1. The van der Waals surface area contributed by atoms with Crippen molar-refractivity contribution in [3.8, 4) is 0 Å². The molecular weight excluding hydrogens is 276 g/mol. The summed E-state index contributed by atoms with van der Waals surface area (Å²) in [6, 6.07) is 10.5. The summed E-state index contributed by atoms with van der Waals surface area (Å²) in [5, 5.41) is 12.9. The summed E-state index contributed by atoms with van der Waals surface area (Å²) in [5.41, 5.74) is 1.38. The smallest absolute Gasteiger partial charge is 0.317 e. The minimum Gasteiger partial charge on any atom is -0.393 e. The van der Waals surface area contributed by atoms with Crippen molar-refractivity contribution in [2.24, 2.45) is 11.8 Å². The van der Waals surface area contributed by atoms with Crippen LogP contribution in [0.2, 0.25) is 0 Å². The monoisotopic (exact) mass is 302 g/mol. The second-order valence-corrected chi connectivity index (χ2v) is 6.84. The first-order valence-electron chi connectivity index (χ1n) is 8.37. The highest BCUT2D eigenvalue weighted by Crippen LogP contribution is 2.46. The van der Waals surface area contributed by atoms with Gasteiger partial charge in [-0.25, -0.2) is 4.79 Å². The third-order valence-corrected chi connectivity index (χ3v) is 5.14. The van der Waals surface area contributed by atoms with Crippen molar-refractivity contribution in [2.45, 2.75) is 37.7 Å². The Kier molecular flexibility index (Phi) is 4.67. The van der Waals surface area contributed by atoms with Crippen LogP contribution in [0.5, 0.6) is 0 Å². The third kappa shape index (κ3) is 3.61. The predicted molar refractivity (Wildman–Crippen MR) is 86.7 cm³/mol. The van der Waals surface area contributed by atoms with E-state index < -0.39 is 0 Å². The highest BCUT2D eigenvalue weighted by Gasteiger charge is 2.38. The second kappa shape index (κ2) is 6.69. The van der Waals surface area contributed by atoms with Crippen molar-refractivity contribution in [3.63, 3.8) is 0 Å². The lowest BCUT2D eigenvalue weighted by Crippen LogP contribution is -2.41. The average Bonchev–Trinajstić information content (AvgIpc) is 3.21. The second-order valence-electron chi connectivity index (χ2n) is 6.84. The van der Waals surface area contributed by atoms with E-state index in [9.17, 15) is 9.90 Å². The zero-order valence-electron chi connectivity index (χ0n) is 13.2. The molecule has 1 aromatic carbocycles. The fourth-order valence-corrected chi connectivity index (χ4v) is 3.60. The molecule has 2 aliphatic carbocycles. The van der Waals surface area contributed by atoms with Gasteiger partial charge in [-0.2, -0.15) is 0 Å². The van der Waals surface area contributed by atoms with Gasteiger partial charge in [-0.3, -0.25) is 0 Å². The molecule has 0 bridgehead atoms. The molecule has 2 saturated carbocycles. The maximum atomic E-state index is 12.1.